The van der Waals surface area contributed by atoms with Gasteiger partial charge in [0.25, 0.3) is 0 Å². The summed E-state index contributed by atoms with van der Waals surface area (Å²) < 4.78 is 0. The van der Waals surface area contributed by atoms with Gasteiger partial charge in [0.05, 0.1) is 0 Å². The second-order valence-corrected chi connectivity index (χ2v) is 5.73. The highest BCUT2D eigenvalue weighted by molar-refractivity contribution is 6.18. The van der Waals surface area contributed by atoms with Crippen LogP contribution < -0.4 is 0 Å². The molecule has 0 bridgehead atoms. The SMILES string of the molecule is CC1CCN(CCCN2CCCC2)C1CCl. The van der Waals surface area contributed by atoms with Crippen LogP contribution >= 0.6 is 11.6 Å². The van der Waals surface area contributed by atoms with E-state index in [4.69, 9.17) is 11.6 Å². The Bertz CT molecular complexity index is 204. The molecular weight excluding hydrogens is 220 g/mol. The first kappa shape index (κ1) is 12.7. The topological polar surface area (TPSA) is 6.48 Å². The molecule has 2 fully saturated rings. The van der Waals surface area contributed by atoms with E-state index in [1.165, 1.54) is 58.4 Å². The van der Waals surface area contributed by atoms with Crippen LogP contribution in [0.3, 0.4) is 0 Å². The molecule has 0 aromatic heterocycles. The van der Waals surface area contributed by atoms with Gasteiger partial charge in [0.2, 0.25) is 0 Å². The first-order valence-electron chi connectivity index (χ1n) is 6.83. The maximum atomic E-state index is 6.05. The highest BCUT2D eigenvalue weighted by Gasteiger charge is 2.29. The number of halogens is 1. The maximum absolute atomic E-state index is 6.05. The van der Waals surface area contributed by atoms with Crippen LogP contribution in [0.2, 0.25) is 0 Å². The normalized spacial score (nSPS) is 32.6. The van der Waals surface area contributed by atoms with Gasteiger partial charge in [-0.05, 0) is 64.3 Å². The van der Waals surface area contributed by atoms with Crippen molar-refractivity contribution in [3.8, 4) is 0 Å². The molecule has 0 radical (unpaired) electrons. The summed E-state index contributed by atoms with van der Waals surface area (Å²) in [4.78, 5) is 5.21. The summed E-state index contributed by atoms with van der Waals surface area (Å²) in [6, 6.07) is 0.639. The lowest BCUT2D eigenvalue weighted by Crippen LogP contribution is -2.35. The Labute approximate surface area is 105 Å². The Hall–Kier alpha value is 0.210. The van der Waals surface area contributed by atoms with Crippen molar-refractivity contribution in [1.82, 2.24) is 9.80 Å². The molecule has 3 heteroatoms. The molecule has 16 heavy (non-hydrogen) atoms. The molecule has 0 spiro atoms. The second-order valence-electron chi connectivity index (χ2n) is 5.43. The van der Waals surface area contributed by atoms with E-state index in [-0.39, 0.29) is 0 Å². The number of alkyl halides is 1. The fourth-order valence-electron chi connectivity index (χ4n) is 3.12. The predicted molar refractivity (Wildman–Crippen MR) is 70.2 cm³/mol. The molecular formula is C13H25ClN2. The molecule has 94 valence electrons. The van der Waals surface area contributed by atoms with E-state index in [0.717, 1.165) is 11.8 Å². The first-order chi connectivity index (χ1) is 7.81. The second kappa shape index (κ2) is 6.23. The van der Waals surface area contributed by atoms with Gasteiger partial charge in [-0.15, -0.1) is 11.6 Å². The summed E-state index contributed by atoms with van der Waals surface area (Å²) in [7, 11) is 0. The van der Waals surface area contributed by atoms with E-state index >= 15 is 0 Å². The Balaban J connectivity index is 1.65. The van der Waals surface area contributed by atoms with Gasteiger partial charge in [0.15, 0.2) is 0 Å². The molecule has 0 aliphatic carbocycles. The third kappa shape index (κ3) is 3.12. The van der Waals surface area contributed by atoms with Crippen molar-refractivity contribution < 1.29 is 0 Å². The standard InChI is InChI=1S/C13H25ClN2/c1-12-5-10-16(13(12)11-14)9-4-8-15-6-2-3-7-15/h12-13H,2-11H2,1H3. The fourth-order valence-corrected chi connectivity index (χ4v) is 3.62. The van der Waals surface area contributed by atoms with Crippen LogP contribution in [0.4, 0.5) is 0 Å². The Morgan fingerprint density at radius 2 is 1.88 bits per heavy atom. The van der Waals surface area contributed by atoms with Crippen LogP contribution in [0.15, 0.2) is 0 Å². The van der Waals surface area contributed by atoms with Crippen molar-refractivity contribution in [3.63, 3.8) is 0 Å². The fraction of sp³-hybridized carbons (Fsp3) is 1.00. The number of hydrogen-bond donors (Lipinski definition) is 0. The van der Waals surface area contributed by atoms with E-state index in [0.29, 0.717) is 6.04 Å². The zero-order valence-electron chi connectivity index (χ0n) is 10.5. The van der Waals surface area contributed by atoms with Crippen LogP contribution in [-0.4, -0.2) is 54.4 Å². The highest BCUT2D eigenvalue weighted by atomic mass is 35.5. The third-order valence-corrected chi connectivity index (χ3v) is 4.59. The quantitative estimate of drug-likeness (QED) is 0.686. The lowest BCUT2D eigenvalue weighted by molar-refractivity contribution is 0.228. The summed E-state index contributed by atoms with van der Waals surface area (Å²) in [6.45, 7) is 8.80. The molecule has 2 atom stereocenters. The van der Waals surface area contributed by atoms with Crippen molar-refractivity contribution in [1.29, 1.82) is 0 Å². The average molecular weight is 245 g/mol. The van der Waals surface area contributed by atoms with Crippen LogP contribution in [0.1, 0.15) is 32.6 Å². The molecule has 0 aromatic rings. The molecule has 0 amide bonds. The minimum Gasteiger partial charge on any atom is -0.303 e. The van der Waals surface area contributed by atoms with Crippen LogP contribution in [0.25, 0.3) is 0 Å². The van der Waals surface area contributed by atoms with Gasteiger partial charge >= 0.3 is 0 Å². The van der Waals surface area contributed by atoms with Gasteiger partial charge in [-0.2, -0.15) is 0 Å². The van der Waals surface area contributed by atoms with Crippen molar-refractivity contribution in [2.45, 2.75) is 38.6 Å². The van der Waals surface area contributed by atoms with E-state index in [1.807, 2.05) is 0 Å². The van der Waals surface area contributed by atoms with Crippen molar-refractivity contribution >= 4 is 11.6 Å². The number of rotatable bonds is 5. The zero-order valence-corrected chi connectivity index (χ0v) is 11.3. The number of likely N-dealkylation sites (tertiary alicyclic amines) is 2. The monoisotopic (exact) mass is 244 g/mol. The highest BCUT2D eigenvalue weighted by Crippen LogP contribution is 2.24. The van der Waals surface area contributed by atoms with Crippen molar-refractivity contribution in [3.05, 3.63) is 0 Å². The van der Waals surface area contributed by atoms with Crippen LogP contribution in [0, 0.1) is 5.92 Å². The minimum absolute atomic E-state index is 0.639. The largest absolute Gasteiger partial charge is 0.303 e. The van der Waals surface area contributed by atoms with Gasteiger partial charge in [0, 0.05) is 11.9 Å². The number of hydrogen-bond acceptors (Lipinski definition) is 2. The lowest BCUT2D eigenvalue weighted by Gasteiger charge is -2.25. The molecule has 2 aliphatic rings. The molecule has 2 aliphatic heterocycles. The van der Waals surface area contributed by atoms with Gasteiger partial charge in [-0.25, -0.2) is 0 Å². The molecule has 2 nitrogen and oxygen atoms in total. The molecule has 2 unspecified atom stereocenters. The number of nitrogens with zero attached hydrogens (tertiary/aromatic N) is 2. The predicted octanol–water partition coefficient (Wildman–Crippen LogP) is 2.42. The summed E-state index contributed by atoms with van der Waals surface area (Å²) in [6.07, 6.45) is 5.47. The summed E-state index contributed by atoms with van der Waals surface area (Å²) in [5.74, 6) is 1.61. The Kier molecular flexibility index (Phi) is 4.93. The maximum Gasteiger partial charge on any atom is 0.0382 e. The van der Waals surface area contributed by atoms with E-state index in [9.17, 15) is 0 Å². The molecule has 2 heterocycles. The zero-order chi connectivity index (χ0) is 11.4. The summed E-state index contributed by atoms with van der Waals surface area (Å²) in [5.41, 5.74) is 0. The Morgan fingerprint density at radius 3 is 2.56 bits per heavy atom. The van der Waals surface area contributed by atoms with Crippen molar-refractivity contribution in [2.24, 2.45) is 5.92 Å². The molecule has 0 saturated carbocycles. The van der Waals surface area contributed by atoms with Crippen LogP contribution in [-0.2, 0) is 0 Å². The Morgan fingerprint density at radius 1 is 1.12 bits per heavy atom. The van der Waals surface area contributed by atoms with E-state index < -0.39 is 0 Å². The van der Waals surface area contributed by atoms with Gasteiger partial charge in [-0.3, -0.25) is 4.90 Å². The molecule has 2 rings (SSSR count). The summed E-state index contributed by atoms with van der Waals surface area (Å²) in [5, 5.41) is 0. The lowest BCUT2D eigenvalue weighted by atomic mass is 10.1. The average Bonchev–Trinajstić information content (AvgIpc) is 2.89. The van der Waals surface area contributed by atoms with Crippen LogP contribution in [0.5, 0.6) is 0 Å². The molecule has 0 aromatic carbocycles. The smallest absolute Gasteiger partial charge is 0.0382 e. The summed E-state index contributed by atoms with van der Waals surface area (Å²) >= 11 is 6.05. The van der Waals surface area contributed by atoms with Gasteiger partial charge in [-0.1, -0.05) is 6.92 Å². The van der Waals surface area contributed by atoms with Crippen molar-refractivity contribution in [2.75, 3.05) is 38.6 Å². The molecule has 0 N–H and O–H groups in total. The minimum atomic E-state index is 0.639. The van der Waals surface area contributed by atoms with E-state index in [1.54, 1.807) is 0 Å². The van der Waals surface area contributed by atoms with Gasteiger partial charge in [0.1, 0.15) is 0 Å². The van der Waals surface area contributed by atoms with Gasteiger partial charge < -0.3 is 4.90 Å². The van der Waals surface area contributed by atoms with E-state index in [2.05, 4.69) is 16.7 Å². The molecule has 2 saturated heterocycles. The third-order valence-electron chi connectivity index (χ3n) is 4.27. The first-order valence-corrected chi connectivity index (χ1v) is 7.37.